The van der Waals surface area contributed by atoms with Crippen LogP contribution in [-0.2, 0) is 4.79 Å². The molecule has 0 saturated heterocycles. The van der Waals surface area contributed by atoms with Gasteiger partial charge in [0.25, 0.3) is 0 Å². The second kappa shape index (κ2) is 12.9. The van der Waals surface area contributed by atoms with Gasteiger partial charge in [0.05, 0.1) is 20.0 Å². The SMILES string of the molecule is CC=CO.COc1ccc(-c2cc(=O)c3c(OCC(O)CO)cc(OCC(=O)O)cc3o2)cc1. The Balaban J connectivity index is 0.000000945. The zero-order valence-corrected chi connectivity index (χ0v) is 18.6. The smallest absolute Gasteiger partial charge is 0.341 e. The molecule has 3 rings (SSSR count). The fourth-order valence-corrected chi connectivity index (χ4v) is 2.71. The van der Waals surface area contributed by atoms with Crippen LogP contribution in [0, 0.1) is 0 Å². The zero-order chi connectivity index (χ0) is 25.1. The van der Waals surface area contributed by atoms with E-state index in [2.05, 4.69) is 0 Å². The molecule has 1 atom stereocenters. The number of ether oxygens (including phenoxy) is 3. The van der Waals surface area contributed by atoms with E-state index in [1.807, 2.05) is 0 Å². The Morgan fingerprint density at radius 2 is 1.79 bits per heavy atom. The van der Waals surface area contributed by atoms with E-state index < -0.39 is 30.7 Å². The fraction of sp³-hybridized carbons (Fsp3) is 0.250. The van der Waals surface area contributed by atoms with Crippen molar-refractivity contribution >= 4 is 16.9 Å². The molecule has 4 N–H and O–H groups in total. The monoisotopic (exact) mass is 474 g/mol. The maximum absolute atomic E-state index is 12.8. The summed E-state index contributed by atoms with van der Waals surface area (Å²) < 4.78 is 21.6. The van der Waals surface area contributed by atoms with Crippen molar-refractivity contribution in [3.05, 3.63) is 65.0 Å². The minimum absolute atomic E-state index is 0.0374. The number of aliphatic hydroxyl groups is 3. The first-order chi connectivity index (χ1) is 16.3. The first kappa shape index (κ1) is 26.2. The van der Waals surface area contributed by atoms with Gasteiger partial charge in [0.2, 0.25) is 0 Å². The number of carbonyl (C=O) groups is 1. The van der Waals surface area contributed by atoms with Crippen LogP contribution in [0.2, 0.25) is 0 Å². The summed E-state index contributed by atoms with van der Waals surface area (Å²) in [6.07, 6.45) is 1.40. The summed E-state index contributed by atoms with van der Waals surface area (Å²) in [5, 5.41) is 35.2. The Hall–Kier alpha value is -4.02. The van der Waals surface area contributed by atoms with Gasteiger partial charge in [0.1, 0.15) is 46.7 Å². The maximum atomic E-state index is 12.8. The quantitative estimate of drug-likeness (QED) is 0.340. The molecule has 1 heterocycles. The van der Waals surface area contributed by atoms with E-state index >= 15 is 0 Å². The highest BCUT2D eigenvalue weighted by Gasteiger charge is 2.16. The average molecular weight is 474 g/mol. The van der Waals surface area contributed by atoms with Crippen LogP contribution in [0.25, 0.3) is 22.3 Å². The van der Waals surface area contributed by atoms with Crippen molar-refractivity contribution in [2.45, 2.75) is 13.0 Å². The molecule has 0 aliphatic heterocycles. The molecule has 2 aromatic carbocycles. The van der Waals surface area contributed by atoms with Crippen LogP contribution in [0.5, 0.6) is 17.2 Å². The van der Waals surface area contributed by atoms with E-state index in [1.165, 1.54) is 18.2 Å². The van der Waals surface area contributed by atoms with E-state index in [0.29, 0.717) is 11.3 Å². The first-order valence-electron chi connectivity index (χ1n) is 10.1. The number of methoxy groups -OCH3 is 1. The highest BCUT2D eigenvalue weighted by Crippen LogP contribution is 2.32. The molecule has 10 heteroatoms. The molecule has 1 unspecified atom stereocenters. The number of hydrogen-bond acceptors (Lipinski definition) is 9. The first-order valence-corrected chi connectivity index (χ1v) is 10.1. The van der Waals surface area contributed by atoms with Gasteiger partial charge < -0.3 is 39.1 Å². The Bertz CT molecular complexity index is 1160. The third kappa shape index (κ3) is 7.26. The predicted octanol–water partition coefficient (Wildman–Crippen LogP) is 2.74. The summed E-state index contributed by atoms with van der Waals surface area (Å²) in [6, 6.07) is 10.9. The number of rotatable bonds is 9. The van der Waals surface area contributed by atoms with Gasteiger partial charge in [-0.25, -0.2) is 4.79 Å². The van der Waals surface area contributed by atoms with E-state index in [1.54, 1.807) is 44.4 Å². The van der Waals surface area contributed by atoms with E-state index in [4.69, 9.17) is 33.9 Å². The molecule has 3 aromatic rings. The van der Waals surface area contributed by atoms with Gasteiger partial charge in [-0.2, -0.15) is 0 Å². The van der Waals surface area contributed by atoms with Crippen LogP contribution in [0.3, 0.4) is 0 Å². The molecular formula is C24H26O10. The summed E-state index contributed by atoms with van der Waals surface area (Å²) in [5.41, 5.74) is 0.342. The Morgan fingerprint density at radius 1 is 1.12 bits per heavy atom. The number of fused-ring (bicyclic) bond motifs is 1. The second-order valence-electron chi connectivity index (χ2n) is 6.81. The van der Waals surface area contributed by atoms with Gasteiger partial charge in [-0.05, 0) is 31.2 Å². The number of hydrogen-bond donors (Lipinski definition) is 4. The molecule has 0 bridgehead atoms. The summed E-state index contributed by atoms with van der Waals surface area (Å²) in [7, 11) is 1.54. The molecule has 0 spiro atoms. The van der Waals surface area contributed by atoms with Gasteiger partial charge in [-0.15, -0.1) is 0 Å². The van der Waals surface area contributed by atoms with Gasteiger partial charge in [-0.3, -0.25) is 4.79 Å². The minimum atomic E-state index is -1.18. The average Bonchev–Trinajstić information content (AvgIpc) is 2.85. The lowest BCUT2D eigenvalue weighted by Gasteiger charge is -2.14. The number of carboxylic acid groups (broad SMARTS) is 1. The summed E-state index contributed by atoms with van der Waals surface area (Å²) >= 11 is 0. The van der Waals surface area contributed by atoms with E-state index in [9.17, 15) is 14.7 Å². The highest BCUT2D eigenvalue weighted by atomic mass is 16.5. The molecule has 0 aliphatic carbocycles. The number of carboxylic acids is 1. The molecule has 1 aromatic heterocycles. The van der Waals surface area contributed by atoms with Crippen molar-refractivity contribution < 1.29 is 43.8 Å². The lowest BCUT2D eigenvalue weighted by molar-refractivity contribution is -0.139. The molecule has 0 aliphatic rings. The molecule has 0 saturated carbocycles. The van der Waals surface area contributed by atoms with Crippen molar-refractivity contribution in [1.29, 1.82) is 0 Å². The minimum Gasteiger partial charge on any atom is -0.516 e. The van der Waals surface area contributed by atoms with Crippen LogP contribution in [0.15, 0.2) is 64.0 Å². The lowest BCUT2D eigenvalue weighted by Crippen LogP contribution is -2.21. The van der Waals surface area contributed by atoms with Crippen molar-refractivity contribution in [2.24, 2.45) is 0 Å². The summed E-state index contributed by atoms with van der Waals surface area (Å²) in [5.74, 6) is -0.109. The molecule has 182 valence electrons. The largest absolute Gasteiger partial charge is 0.516 e. The molecule has 34 heavy (non-hydrogen) atoms. The van der Waals surface area contributed by atoms with Crippen molar-refractivity contribution in [3.63, 3.8) is 0 Å². The van der Waals surface area contributed by atoms with Crippen LogP contribution >= 0.6 is 0 Å². The van der Waals surface area contributed by atoms with Crippen molar-refractivity contribution in [1.82, 2.24) is 0 Å². The van der Waals surface area contributed by atoms with Crippen LogP contribution in [0.1, 0.15) is 6.92 Å². The summed E-state index contributed by atoms with van der Waals surface area (Å²) in [6.45, 7) is 0.337. The number of aliphatic carboxylic acids is 1. The molecule has 0 radical (unpaired) electrons. The standard InChI is InChI=1S/C21H20O9.C3H6O/c1-27-14-4-2-12(3-5-14)17-8-16(24)21-18(29-10-13(23)9-22)6-15(7-19(21)30-17)28-11-20(25)26;1-2-3-4/h2-8,13,22-23H,9-11H2,1H3,(H,25,26);2-4H,1H3. The molecule has 0 amide bonds. The van der Waals surface area contributed by atoms with Crippen LogP contribution in [-0.4, -0.2) is 59.4 Å². The predicted molar refractivity (Wildman–Crippen MR) is 124 cm³/mol. The fourth-order valence-electron chi connectivity index (χ4n) is 2.71. The number of benzene rings is 2. The molecular weight excluding hydrogens is 448 g/mol. The highest BCUT2D eigenvalue weighted by molar-refractivity contribution is 5.86. The van der Waals surface area contributed by atoms with Gasteiger partial charge in [0.15, 0.2) is 12.0 Å². The van der Waals surface area contributed by atoms with Crippen LogP contribution in [0.4, 0.5) is 0 Å². The Morgan fingerprint density at radius 3 is 2.35 bits per heavy atom. The van der Waals surface area contributed by atoms with Crippen molar-refractivity contribution in [2.75, 3.05) is 26.9 Å². The van der Waals surface area contributed by atoms with Crippen molar-refractivity contribution in [3.8, 4) is 28.6 Å². The van der Waals surface area contributed by atoms with Gasteiger partial charge in [0, 0.05) is 23.8 Å². The zero-order valence-electron chi connectivity index (χ0n) is 18.6. The summed E-state index contributed by atoms with van der Waals surface area (Å²) in [4.78, 5) is 23.6. The topological polar surface area (TPSA) is 156 Å². The third-order valence-electron chi connectivity index (χ3n) is 4.30. The third-order valence-corrected chi connectivity index (χ3v) is 4.30. The maximum Gasteiger partial charge on any atom is 0.341 e. The van der Waals surface area contributed by atoms with Gasteiger partial charge >= 0.3 is 5.97 Å². The van der Waals surface area contributed by atoms with Crippen LogP contribution < -0.4 is 19.6 Å². The van der Waals surface area contributed by atoms with Gasteiger partial charge in [-0.1, -0.05) is 6.08 Å². The van der Waals surface area contributed by atoms with E-state index in [0.717, 1.165) is 6.26 Å². The number of aliphatic hydroxyl groups excluding tert-OH is 3. The normalized spacial score (nSPS) is 11.5. The Kier molecular flexibility index (Phi) is 9.93. The molecule has 10 nitrogen and oxygen atoms in total. The second-order valence-corrected chi connectivity index (χ2v) is 6.81. The Labute approximate surface area is 194 Å². The molecule has 0 fully saturated rings. The lowest BCUT2D eigenvalue weighted by atomic mass is 10.1. The van der Waals surface area contributed by atoms with E-state index in [-0.39, 0.29) is 34.8 Å². The number of allylic oxidation sites excluding steroid dienone is 1.